The first-order chi connectivity index (χ1) is 18.6. The molecule has 0 saturated heterocycles. The number of fused-ring (bicyclic) bond motifs is 3. The Kier molecular flexibility index (Phi) is 5.77. The van der Waals surface area contributed by atoms with Crippen molar-refractivity contribution in [3.8, 4) is 28.5 Å². The number of benzene rings is 1. The molecule has 0 fully saturated rings. The van der Waals surface area contributed by atoms with Gasteiger partial charge in [-0.25, -0.2) is 18.6 Å². The quantitative estimate of drug-likeness (QED) is 0.357. The fraction of sp³-hybridized carbons (Fsp3) is 0.333. The van der Waals surface area contributed by atoms with Crippen molar-refractivity contribution in [1.29, 1.82) is 0 Å². The summed E-state index contributed by atoms with van der Waals surface area (Å²) in [6.07, 6.45) is 2.13. The second-order valence-electron chi connectivity index (χ2n) is 10.3. The third-order valence-corrected chi connectivity index (χ3v) is 6.56. The van der Waals surface area contributed by atoms with E-state index in [0.29, 0.717) is 40.3 Å². The molecule has 202 valence electrons. The number of carbonyl (C=O) groups is 1. The Balaban J connectivity index is 1.58. The van der Waals surface area contributed by atoms with E-state index in [-0.39, 0.29) is 36.5 Å². The van der Waals surface area contributed by atoms with Crippen LogP contribution in [0.2, 0.25) is 0 Å². The number of halogens is 2. The van der Waals surface area contributed by atoms with Gasteiger partial charge < -0.3 is 18.9 Å². The summed E-state index contributed by atoms with van der Waals surface area (Å²) in [7, 11) is 1.33. The van der Waals surface area contributed by atoms with Gasteiger partial charge in [-0.3, -0.25) is 9.30 Å². The molecule has 39 heavy (non-hydrogen) atoms. The van der Waals surface area contributed by atoms with Gasteiger partial charge in [0.05, 0.1) is 32.8 Å². The van der Waals surface area contributed by atoms with Crippen molar-refractivity contribution >= 4 is 17.6 Å². The maximum atomic E-state index is 15.3. The van der Waals surface area contributed by atoms with Crippen LogP contribution in [0, 0.1) is 11.6 Å². The van der Waals surface area contributed by atoms with Crippen LogP contribution in [0.5, 0.6) is 17.4 Å². The number of ether oxygens (including phenoxy) is 4. The largest absolute Gasteiger partial charge is 0.493 e. The third kappa shape index (κ3) is 4.25. The van der Waals surface area contributed by atoms with Crippen molar-refractivity contribution < 1.29 is 32.5 Å². The van der Waals surface area contributed by atoms with Crippen molar-refractivity contribution in [3.05, 3.63) is 59.6 Å². The lowest BCUT2D eigenvalue weighted by atomic mass is 9.95. The molecule has 2 aliphatic heterocycles. The van der Waals surface area contributed by atoms with Crippen LogP contribution in [0.3, 0.4) is 0 Å². The summed E-state index contributed by atoms with van der Waals surface area (Å²) in [5.41, 5.74) is 1.27. The molecule has 0 aliphatic carbocycles. The molecule has 0 bridgehead atoms. The highest BCUT2D eigenvalue weighted by Gasteiger charge is 2.37. The Morgan fingerprint density at radius 1 is 1.10 bits per heavy atom. The van der Waals surface area contributed by atoms with Crippen LogP contribution in [-0.4, -0.2) is 51.6 Å². The monoisotopic (exact) mass is 537 g/mol. The summed E-state index contributed by atoms with van der Waals surface area (Å²) in [5, 5.41) is 8.27. The number of carbonyl (C=O) groups excluding carboxylic acids is 1. The van der Waals surface area contributed by atoms with E-state index in [2.05, 4.69) is 15.2 Å². The topological polar surface area (TPSA) is 100 Å². The number of methoxy groups -OCH3 is 1. The van der Waals surface area contributed by atoms with Crippen molar-refractivity contribution in [2.45, 2.75) is 38.8 Å². The molecule has 2 aliphatic rings. The second kappa shape index (κ2) is 9.07. The number of hydrogen-bond donors (Lipinski definition) is 0. The Morgan fingerprint density at radius 2 is 1.87 bits per heavy atom. The highest BCUT2D eigenvalue weighted by molar-refractivity contribution is 5.92. The van der Waals surface area contributed by atoms with Crippen LogP contribution in [-0.2, 0) is 11.3 Å². The van der Waals surface area contributed by atoms with E-state index in [1.54, 1.807) is 37.3 Å². The minimum absolute atomic E-state index is 0.140. The smallest absolute Gasteiger partial charge is 0.416 e. The third-order valence-electron chi connectivity index (χ3n) is 6.56. The average Bonchev–Trinajstić information content (AvgIpc) is 3.53. The Labute approximate surface area is 222 Å². The van der Waals surface area contributed by atoms with Crippen LogP contribution in [0.25, 0.3) is 16.8 Å². The first-order valence-corrected chi connectivity index (χ1v) is 12.3. The molecule has 1 amide bonds. The molecule has 1 aromatic carbocycles. The van der Waals surface area contributed by atoms with Gasteiger partial charge in [0.15, 0.2) is 23.0 Å². The molecule has 0 N–H and O–H groups in total. The highest BCUT2D eigenvalue weighted by Crippen LogP contribution is 2.44. The number of amides is 1. The number of pyridine rings is 2. The summed E-state index contributed by atoms with van der Waals surface area (Å²) < 4.78 is 54.3. The molecular formula is C27H25F2N5O5. The van der Waals surface area contributed by atoms with E-state index >= 15 is 4.39 Å². The first-order valence-electron chi connectivity index (χ1n) is 12.3. The molecule has 10 nitrogen and oxygen atoms in total. The lowest BCUT2D eigenvalue weighted by molar-refractivity contribution is 0.0574. The lowest BCUT2D eigenvalue weighted by Crippen LogP contribution is -2.38. The van der Waals surface area contributed by atoms with Gasteiger partial charge >= 0.3 is 6.09 Å². The lowest BCUT2D eigenvalue weighted by Gasteiger charge is -2.29. The summed E-state index contributed by atoms with van der Waals surface area (Å²) in [4.78, 5) is 19.0. The van der Waals surface area contributed by atoms with Gasteiger partial charge in [0, 0.05) is 28.5 Å². The van der Waals surface area contributed by atoms with Gasteiger partial charge in [-0.1, -0.05) is 0 Å². The zero-order chi connectivity index (χ0) is 27.5. The van der Waals surface area contributed by atoms with Gasteiger partial charge in [-0.2, -0.15) is 0 Å². The number of anilines is 1. The van der Waals surface area contributed by atoms with E-state index in [1.807, 2.05) is 0 Å². The van der Waals surface area contributed by atoms with Crippen LogP contribution in [0.1, 0.15) is 37.8 Å². The molecule has 12 heteroatoms. The zero-order valence-electron chi connectivity index (χ0n) is 21.7. The summed E-state index contributed by atoms with van der Waals surface area (Å²) in [6.45, 7) is 5.50. The molecule has 6 rings (SSSR count). The van der Waals surface area contributed by atoms with Gasteiger partial charge in [-0.05, 0) is 45.0 Å². The predicted octanol–water partition coefficient (Wildman–Crippen LogP) is 4.89. The van der Waals surface area contributed by atoms with E-state index < -0.39 is 23.3 Å². The maximum absolute atomic E-state index is 15.3. The SMILES string of the molecule is COc1ncc(-c2cc3c(n4cnnc24)N(C(=O)OC(C)(C)C)Cc2c(F)ccc4c2[C@H](CO4)CO3)cc1F. The van der Waals surface area contributed by atoms with Crippen molar-refractivity contribution in [1.82, 2.24) is 19.6 Å². The zero-order valence-corrected chi connectivity index (χ0v) is 21.7. The standard InChI is InChI=1S/C27H25F2N5O5/c1-27(2,3)39-26(35)33-10-17-18(28)5-6-20-22(17)15(11-37-20)12-38-21-8-16(23-32-31-13-34(23)25(21)33)14-7-19(29)24(36-4)30-9-14/h5-9,13,15H,10-12H2,1-4H3/t15-/m1/s1. The van der Waals surface area contributed by atoms with Crippen LogP contribution >= 0.6 is 0 Å². The van der Waals surface area contributed by atoms with Crippen LogP contribution in [0.4, 0.5) is 19.4 Å². The molecular weight excluding hydrogens is 512 g/mol. The Bertz CT molecular complexity index is 1620. The van der Waals surface area contributed by atoms with Gasteiger partial charge in [0.25, 0.3) is 0 Å². The van der Waals surface area contributed by atoms with Gasteiger partial charge in [0.2, 0.25) is 5.88 Å². The summed E-state index contributed by atoms with van der Waals surface area (Å²) in [5.74, 6) is -0.508. The Hall–Kier alpha value is -4.48. The molecule has 1 atom stereocenters. The minimum Gasteiger partial charge on any atom is -0.493 e. The molecule has 0 radical (unpaired) electrons. The van der Waals surface area contributed by atoms with Gasteiger partial charge in [0.1, 0.15) is 23.5 Å². The van der Waals surface area contributed by atoms with Gasteiger partial charge in [-0.15, -0.1) is 10.2 Å². The number of aromatic nitrogens is 4. The van der Waals surface area contributed by atoms with E-state index in [0.717, 1.165) is 0 Å². The minimum atomic E-state index is -0.835. The second-order valence-corrected chi connectivity index (χ2v) is 10.3. The van der Waals surface area contributed by atoms with E-state index in [4.69, 9.17) is 18.9 Å². The molecule has 3 aromatic heterocycles. The van der Waals surface area contributed by atoms with E-state index in [9.17, 15) is 9.18 Å². The van der Waals surface area contributed by atoms with Crippen molar-refractivity contribution in [2.24, 2.45) is 0 Å². The molecule has 0 saturated carbocycles. The molecule has 0 unspecified atom stereocenters. The Morgan fingerprint density at radius 3 is 2.59 bits per heavy atom. The summed E-state index contributed by atoms with van der Waals surface area (Å²) >= 11 is 0. The summed E-state index contributed by atoms with van der Waals surface area (Å²) in [6, 6.07) is 5.82. The van der Waals surface area contributed by atoms with E-state index in [1.165, 1.54) is 36.7 Å². The fourth-order valence-electron chi connectivity index (χ4n) is 4.90. The maximum Gasteiger partial charge on any atom is 0.416 e. The first kappa shape index (κ1) is 24.8. The number of hydrogen-bond acceptors (Lipinski definition) is 8. The predicted molar refractivity (Wildman–Crippen MR) is 135 cm³/mol. The molecule has 5 heterocycles. The molecule has 4 aromatic rings. The van der Waals surface area contributed by atoms with Crippen LogP contribution in [0.15, 0.2) is 36.8 Å². The van der Waals surface area contributed by atoms with Crippen molar-refractivity contribution in [3.63, 3.8) is 0 Å². The van der Waals surface area contributed by atoms with Crippen molar-refractivity contribution in [2.75, 3.05) is 25.2 Å². The normalized spacial score (nSPS) is 16.4. The fourth-order valence-corrected chi connectivity index (χ4v) is 4.90. The highest BCUT2D eigenvalue weighted by atomic mass is 19.1. The van der Waals surface area contributed by atoms with Crippen LogP contribution < -0.4 is 19.1 Å². The number of nitrogens with zero attached hydrogens (tertiary/aromatic N) is 5. The average molecular weight is 538 g/mol. The molecule has 0 spiro atoms. The number of rotatable bonds is 2.